The number of non-ortho nitro benzene ring substituents is 1. The Morgan fingerprint density at radius 1 is 1.15 bits per heavy atom. The predicted octanol–water partition coefficient (Wildman–Crippen LogP) is 4.48. The third-order valence-corrected chi connectivity index (χ3v) is 5.21. The zero-order valence-electron chi connectivity index (χ0n) is 19.0. The Morgan fingerprint density at radius 3 is 2.50 bits per heavy atom. The van der Waals surface area contributed by atoms with Crippen LogP contribution < -0.4 is 0 Å². The van der Waals surface area contributed by atoms with E-state index in [1.807, 2.05) is 30.3 Å². The molecule has 2 aromatic carbocycles. The van der Waals surface area contributed by atoms with E-state index in [0.29, 0.717) is 6.42 Å². The van der Waals surface area contributed by atoms with Crippen molar-refractivity contribution in [2.45, 2.75) is 39.3 Å². The molecule has 0 saturated carbocycles. The summed E-state index contributed by atoms with van der Waals surface area (Å²) in [6.45, 7) is 4.79. The van der Waals surface area contributed by atoms with Gasteiger partial charge in [0.1, 0.15) is 5.92 Å². The summed E-state index contributed by atoms with van der Waals surface area (Å²) >= 11 is 0. The lowest BCUT2D eigenvalue weighted by Gasteiger charge is -2.36. The number of nitro benzene ring substituents is 1. The van der Waals surface area contributed by atoms with Crippen LogP contribution in [-0.4, -0.2) is 46.3 Å². The van der Waals surface area contributed by atoms with Crippen LogP contribution in [0.2, 0.25) is 0 Å². The highest BCUT2D eigenvalue weighted by molar-refractivity contribution is 6.11. The van der Waals surface area contributed by atoms with Crippen molar-refractivity contribution in [3.8, 4) is 0 Å². The molecule has 0 saturated heterocycles. The summed E-state index contributed by atoms with van der Waals surface area (Å²) in [6.07, 6.45) is -1.05. The molecule has 0 aliphatic carbocycles. The molecule has 3 amide bonds. The summed E-state index contributed by atoms with van der Waals surface area (Å²) in [6, 6.07) is 12.6. The van der Waals surface area contributed by atoms with Gasteiger partial charge in [-0.3, -0.25) is 14.9 Å². The third-order valence-electron chi connectivity index (χ3n) is 5.21. The number of nitro groups is 1. The second-order valence-electron chi connectivity index (χ2n) is 8.02. The topological polar surface area (TPSA) is 128 Å². The van der Waals surface area contributed by atoms with E-state index in [2.05, 4.69) is 4.99 Å². The van der Waals surface area contributed by atoms with Crippen LogP contribution in [-0.2, 0) is 20.7 Å². The molecule has 10 heteroatoms. The Morgan fingerprint density at radius 2 is 1.85 bits per heavy atom. The summed E-state index contributed by atoms with van der Waals surface area (Å²) in [5, 5.41) is 11.3. The first-order chi connectivity index (χ1) is 16.2. The van der Waals surface area contributed by atoms with Crippen LogP contribution in [0, 0.1) is 16.0 Å². The highest BCUT2D eigenvalue weighted by Crippen LogP contribution is 2.37. The van der Waals surface area contributed by atoms with Gasteiger partial charge in [-0.05, 0) is 31.9 Å². The van der Waals surface area contributed by atoms with Gasteiger partial charge in [0.2, 0.25) is 0 Å². The van der Waals surface area contributed by atoms with Crippen molar-refractivity contribution in [3.05, 3.63) is 75.8 Å². The monoisotopic (exact) mass is 467 g/mol. The molecule has 34 heavy (non-hydrogen) atoms. The Kier molecular flexibility index (Phi) is 7.72. The molecule has 1 unspecified atom stereocenters. The average molecular weight is 467 g/mol. The molecule has 0 fully saturated rings. The Balaban J connectivity index is 1.96. The van der Waals surface area contributed by atoms with Gasteiger partial charge in [-0.25, -0.2) is 19.5 Å². The Hall–Kier alpha value is -4.08. The van der Waals surface area contributed by atoms with E-state index in [-0.39, 0.29) is 23.6 Å². The quantitative estimate of drug-likeness (QED) is 0.333. The normalized spacial score (nSPS) is 17.8. The van der Waals surface area contributed by atoms with Gasteiger partial charge in [0.15, 0.2) is 0 Å². The second-order valence-corrected chi connectivity index (χ2v) is 8.02. The minimum atomic E-state index is -1.22. The SMILES string of the molecule is CC1=NC(=O)N(C(=O)OCCc2ccccc2)[C@@H](c2cccc([N+](=O)[O-])c2)C1C(=O)OC(C)C. The van der Waals surface area contributed by atoms with Crippen LogP contribution in [0.3, 0.4) is 0 Å². The number of imide groups is 1. The Labute approximate surface area is 196 Å². The van der Waals surface area contributed by atoms with Gasteiger partial charge < -0.3 is 9.47 Å². The maximum Gasteiger partial charge on any atom is 0.418 e. The van der Waals surface area contributed by atoms with Crippen LogP contribution in [0.1, 0.15) is 37.9 Å². The van der Waals surface area contributed by atoms with E-state index in [1.165, 1.54) is 31.2 Å². The number of ether oxygens (including phenoxy) is 2. The predicted molar refractivity (Wildman–Crippen MR) is 122 cm³/mol. The van der Waals surface area contributed by atoms with Crippen LogP contribution >= 0.6 is 0 Å². The number of amides is 3. The number of hydrogen-bond acceptors (Lipinski definition) is 7. The van der Waals surface area contributed by atoms with Gasteiger partial charge in [-0.2, -0.15) is 0 Å². The highest BCUT2D eigenvalue weighted by atomic mass is 16.6. The number of hydrogen-bond donors (Lipinski definition) is 0. The molecule has 1 heterocycles. The van der Waals surface area contributed by atoms with Gasteiger partial charge in [-0.15, -0.1) is 0 Å². The van der Waals surface area contributed by atoms with E-state index in [0.717, 1.165) is 10.5 Å². The summed E-state index contributed by atoms with van der Waals surface area (Å²) in [7, 11) is 0. The molecule has 1 aliphatic rings. The lowest BCUT2D eigenvalue weighted by molar-refractivity contribution is -0.385. The molecular weight excluding hydrogens is 442 g/mol. The fourth-order valence-electron chi connectivity index (χ4n) is 3.70. The largest absolute Gasteiger partial charge is 0.462 e. The smallest absolute Gasteiger partial charge is 0.418 e. The summed E-state index contributed by atoms with van der Waals surface area (Å²) in [5.74, 6) is -1.86. The van der Waals surface area contributed by atoms with E-state index in [4.69, 9.17) is 9.47 Å². The standard InChI is InChI=1S/C24H25N3O7/c1-15(2)34-22(28)20-16(3)25-23(29)26(21(20)18-10-7-11-19(14-18)27(31)32)24(30)33-13-12-17-8-5-4-6-9-17/h4-11,14-15,20-21H,12-13H2,1-3H3/t20?,21-/m0/s1. The number of aliphatic imine (C=N–C) groups is 1. The molecule has 1 aliphatic heterocycles. The molecule has 0 aromatic heterocycles. The third kappa shape index (κ3) is 5.64. The first-order valence-corrected chi connectivity index (χ1v) is 10.7. The highest BCUT2D eigenvalue weighted by Gasteiger charge is 2.47. The van der Waals surface area contributed by atoms with Crippen molar-refractivity contribution in [1.82, 2.24) is 4.90 Å². The number of rotatable bonds is 7. The molecule has 0 N–H and O–H groups in total. The summed E-state index contributed by atoms with van der Waals surface area (Å²) in [5.41, 5.74) is 1.03. The molecule has 3 rings (SSSR count). The van der Waals surface area contributed by atoms with Gasteiger partial charge in [0.25, 0.3) is 5.69 Å². The lowest BCUT2D eigenvalue weighted by Crippen LogP contribution is -2.50. The minimum Gasteiger partial charge on any atom is -0.462 e. The first kappa shape index (κ1) is 24.6. The average Bonchev–Trinajstić information content (AvgIpc) is 2.78. The van der Waals surface area contributed by atoms with Crippen molar-refractivity contribution < 1.29 is 28.8 Å². The zero-order valence-corrected chi connectivity index (χ0v) is 19.0. The lowest BCUT2D eigenvalue weighted by atomic mass is 9.87. The minimum absolute atomic E-state index is 0.0158. The maximum absolute atomic E-state index is 13.0. The number of carbonyl (C=O) groups is 3. The molecule has 0 bridgehead atoms. The Bertz CT molecular complexity index is 1110. The number of carbonyl (C=O) groups excluding carboxylic acids is 3. The molecule has 2 aromatic rings. The van der Waals surface area contributed by atoms with Gasteiger partial charge >= 0.3 is 18.1 Å². The van der Waals surface area contributed by atoms with Gasteiger partial charge in [0.05, 0.1) is 23.7 Å². The second kappa shape index (κ2) is 10.7. The zero-order chi connectivity index (χ0) is 24.8. The number of urea groups is 1. The molecule has 0 spiro atoms. The number of nitrogens with zero attached hydrogens (tertiary/aromatic N) is 3. The van der Waals surface area contributed by atoms with Gasteiger partial charge in [0, 0.05) is 24.3 Å². The van der Waals surface area contributed by atoms with E-state index in [9.17, 15) is 24.5 Å². The fourth-order valence-corrected chi connectivity index (χ4v) is 3.70. The first-order valence-electron chi connectivity index (χ1n) is 10.7. The van der Waals surface area contributed by atoms with Crippen molar-refractivity contribution in [1.29, 1.82) is 0 Å². The molecular formula is C24H25N3O7. The molecule has 2 atom stereocenters. The van der Waals surface area contributed by atoms with Crippen molar-refractivity contribution >= 4 is 29.5 Å². The molecule has 0 radical (unpaired) electrons. The van der Waals surface area contributed by atoms with E-state index < -0.39 is 41.1 Å². The van der Waals surface area contributed by atoms with Crippen LogP contribution in [0.5, 0.6) is 0 Å². The van der Waals surface area contributed by atoms with Crippen LogP contribution in [0.4, 0.5) is 15.3 Å². The van der Waals surface area contributed by atoms with E-state index >= 15 is 0 Å². The van der Waals surface area contributed by atoms with Crippen molar-refractivity contribution in [3.63, 3.8) is 0 Å². The van der Waals surface area contributed by atoms with Gasteiger partial charge in [-0.1, -0.05) is 42.5 Å². The maximum atomic E-state index is 13.0. The van der Waals surface area contributed by atoms with Crippen molar-refractivity contribution in [2.24, 2.45) is 10.9 Å². The molecule has 178 valence electrons. The van der Waals surface area contributed by atoms with E-state index in [1.54, 1.807) is 13.8 Å². The number of esters is 1. The van der Waals surface area contributed by atoms with Crippen LogP contribution in [0.15, 0.2) is 59.6 Å². The number of benzene rings is 2. The molecule has 10 nitrogen and oxygen atoms in total. The van der Waals surface area contributed by atoms with Crippen molar-refractivity contribution in [2.75, 3.05) is 6.61 Å². The summed E-state index contributed by atoms with van der Waals surface area (Å²) in [4.78, 5) is 54.1. The fraction of sp³-hybridized carbons (Fsp3) is 0.333. The summed E-state index contributed by atoms with van der Waals surface area (Å²) < 4.78 is 10.7. The van der Waals surface area contributed by atoms with Crippen LogP contribution in [0.25, 0.3) is 0 Å².